The molecule has 0 heterocycles. The number of hydrogen-bond donors (Lipinski definition) is 0. The topological polar surface area (TPSA) is 49.4 Å². The maximum atomic E-state index is 10.2. The van der Waals surface area contributed by atoms with Crippen LogP contribution in [0.2, 0.25) is 0 Å². The molecule has 3 nitrogen and oxygen atoms in total. The van der Waals surface area contributed by atoms with Crippen LogP contribution >= 0.6 is 8.25 Å². The standard InChI is InChI=1S/C18H37O3P.C12H10/c1-2-3-4-5-6-7-8-9-10-11-12-13-14-15-16-17-18-21-22(19)20;1-3-7-11(8-4-1)12-9-5-2-6-10-12/h2-18H2,1H3;1-10H. The number of rotatable bonds is 19. The molecule has 4 heteroatoms. The number of benzene rings is 2. The zero-order valence-electron chi connectivity index (χ0n) is 21.5. The van der Waals surface area contributed by atoms with Gasteiger partial charge in [-0.25, -0.2) is 0 Å². The first-order valence-corrected chi connectivity index (χ1v) is 14.7. The van der Waals surface area contributed by atoms with Crippen LogP contribution in [0, 0.1) is 0 Å². The summed E-state index contributed by atoms with van der Waals surface area (Å²) in [5.74, 6) is 0. The molecule has 0 N–H and O–H groups in total. The lowest BCUT2D eigenvalue weighted by atomic mass is 10.0. The van der Waals surface area contributed by atoms with Crippen molar-refractivity contribution in [2.24, 2.45) is 0 Å². The van der Waals surface area contributed by atoms with Crippen molar-refractivity contribution in [1.29, 1.82) is 0 Å². The normalized spacial score (nSPS) is 11.1. The molecule has 0 aliphatic rings. The third-order valence-electron chi connectivity index (χ3n) is 6.08. The second-order valence-electron chi connectivity index (χ2n) is 9.09. The molecule has 0 aliphatic carbocycles. The molecule has 0 spiro atoms. The lowest BCUT2D eigenvalue weighted by molar-refractivity contribution is -0.185. The maximum Gasteiger partial charge on any atom is 0.488 e. The van der Waals surface area contributed by atoms with E-state index in [4.69, 9.17) is 0 Å². The van der Waals surface area contributed by atoms with Gasteiger partial charge in [0.15, 0.2) is 0 Å². The summed E-state index contributed by atoms with van der Waals surface area (Å²) in [6, 6.07) is 20.8. The molecular formula is C30H47O3P. The van der Waals surface area contributed by atoms with Gasteiger partial charge in [0.05, 0.1) is 0 Å². The lowest BCUT2D eigenvalue weighted by Gasteiger charge is -2.03. The Morgan fingerprint density at radius 1 is 0.559 bits per heavy atom. The van der Waals surface area contributed by atoms with Gasteiger partial charge in [-0.3, -0.25) is 0 Å². The molecule has 190 valence electrons. The molecule has 0 saturated carbocycles. The summed E-state index contributed by atoms with van der Waals surface area (Å²) in [4.78, 5) is 10.2. The zero-order valence-corrected chi connectivity index (χ0v) is 22.4. The van der Waals surface area contributed by atoms with E-state index >= 15 is 0 Å². The summed E-state index contributed by atoms with van der Waals surface area (Å²) < 4.78 is 14.7. The molecule has 0 amide bonds. The van der Waals surface area contributed by atoms with E-state index in [1.807, 2.05) is 12.1 Å². The Labute approximate surface area is 210 Å². The van der Waals surface area contributed by atoms with E-state index in [0.717, 1.165) is 12.8 Å². The molecule has 2 aromatic rings. The minimum Gasteiger partial charge on any atom is -0.566 e. The van der Waals surface area contributed by atoms with Crippen LogP contribution in [0.3, 0.4) is 0 Å². The summed E-state index contributed by atoms with van der Waals surface area (Å²) in [5.41, 5.74) is 2.55. The van der Waals surface area contributed by atoms with Gasteiger partial charge >= 0.3 is 8.25 Å². The van der Waals surface area contributed by atoms with Crippen LogP contribution in [0.5, 0.6) is 0 Å². The van der Waals surface area contributed by atoms with Crippen LogP contribution in [0.15, 0.2) is 60.7 Å². The molecule has 2 aromatic carbocycles. The second-order valence-corrected chi connectivity index (χ2v) is 9.80. The molecule has 0 fully saturated rings. The Hall–Kier alpha value is -1.54. The molecule has 0 aliphatic heterocycles. The highest BCUT2D eigenvalue weighted by Crippen LogP contribution is 2.17. The average Bonchev–Trinajstić information content (AvgIpc) is 2.87. The van der Waals surface area contributed by atoms with E-state index in [0.29, 0.717) is 6.61 Å². The van der Waals surface area contributed by atoms with E-state index in [9.17, 15) is 9.46 Å². The molecule has 34 heavy (non-hydrogen) atoms. The van der Waals surface area contributed by atoms with E-state index in [-0.39, 0.29) is 0 Å². The fourth-order valence-corrected chi connectivity index (χ4v) is 4.33. The molecule has 2 rings (SSSR count). The van der Waals surface area contributed by atoms with Gasteiger partial charge in [0.25, 0.3) is 0 Å². The summed E-state index contributed by atoms with van der Waals surface area (Å²) in [7, 11) is -2.64. The summed E-state index contributed by atoms with van der Waals surface area (Å²) >= 11 is 0. The SMILES string of the molecule is CCCCCCCCCCCCCCCCCCO[P+](=O)[O-].c1ccc(-c2ccccc2)cc1. The first kappa shape index (κ1) is 30.5. The largest absolute Gasteiger partial charge is 0.566 e. The number of hydrogen-bond acceptors (Lipinski definition) is 3. The predicted octanol–water partition coefficient (Wildman–Crippen LogP) is 9.64. The highest BCUT2D eigenvalue weighted by molar-refractivity contribution is 7.30. The first-order chi connectivity index (χ1) is 16.7. The third-order valence-corrected chi connectivity index (χ3v) is 6.47. The van der Waals surface area contributed by atoms with Crippen molar-refractivity contribution >= 4 is 8.25 Å². The quantitative estimate of drug-likeness (QED) is 0.147. The van der Waals surface area contributed by atoms with Gasteiger partial charge in [-0.05, 0) is 22.1 Å². The van der Waals surface area contributed by atoms with E-state index in [1.165, 1.54) is 101 Å². The molecule has 1 unspecified atom stereocenters. The molecule has 1 atom stereocenters. The average molecular weight is 487 g/mol. The monoisotopic (exact) mass is 486 g/mol. The second kappa shape index (κ2) is 23.2. The van der Waals surface area contributed by atoms with Crippen LogP contribution in [0.25, 0.3) is 11.1 Å². The van der Waals surface area contributed by atoms with Crippen LogP contribution in [-0.2, 0) is 9.09 Å². The molecular weight excluding hydrogens is 439 g/mol. The Balaban J connectivity index is 0.000000398. The fourth-order valence-electron chi connectivity index (χ4n) is 4.05. The van der Waals surface area contributed by atoms with Gasteiger partial charge < -0.3 is 4.89 Å². The number of unbranched alkanes of at least 4 members (excludes halogenated alkanes) is 15. The minimum atomic E-state index is -2.64. The van der Waals surface area contributed by atoms with Gasteiger partial charge in [-0.2, -0.15) is 0 Å². The summed E-state index contributed by atoms with van der Waals surface area (Å²) in [6.45, 7) is 2.63. The summed E-state index contributed by atoms with van der Waals surface area (Å²) in [6.07, 6.45) is 21.2. The van der Waals surface area contributed by atoms with Crippen LogP contribution in [0.1, 0.15) is 110 Å². The van der Waals surface area contributed by atoms with Crippen LogP contribution in [-0.4, -0.2) is 6.61 Å². The van der Waals surface area contributed by atoms with Crippen molar-refractivity contribution in [3.63, 3.8) is 0 Å². The molecule has 0 saturated heterocycles. The maximum absolute atomic E-state index is 10.2. The van der Waals surface area contributed by atoms with Gasteiger partial charge in [0, 0.05) is 0 Å². The molecule has 0 bridgehead atoms. The minimum absolute atomic E-state index is 0.358. The van der Waals surface area contributed by atoms with Crippen molar-refractivity contribution in [2.75, 3.05) is 6.61 Å². The highest BCUT2D eigenvalue weighted by Gasteiger charge is 2.00. The smallest absolute Gasteiger partial charge is 0.488 e. The van der Waals surface area contributed by atoms with Crippen LogP contribution in [0.4, 0.5) is 0 Å². The van der Waals surface area contributed by atoms with Crippen molar-refractivity contribution < 1.29 is 14.0 Å². The Morgan fingerprint density at radius 3 is 1.21 bits per heavy atom. The highest BCUT2D eigenvalue weighted by atomic mass is 31.1. The Morgan fingerprint density at radius 2 is 0.882 bits per heavy atom. The summed E-state index contributed by atoms with van der Waals surface area (Å²) in [5, 5.41) is 0. The van der Waals surface area contributed by atoms with E-state index < -0.39 is 8.25 Å². The van der Waals surface area contributed by atoms with Gasteiger partial charge in [-0.15, -0.1) is 4.52 Å². The Kier molecular flexibility index (Phi) is 20.8. The fraction of sp³-hybridized carbons (Fsp3) is 0.600. The molecule has 0 radical (unpaired) electrons. The van der Waals surface area contributed by atoms with Crippen LogP contribution < -0.4 is 4.89 Å². The lowest BCUT2D eigenvalue weighted by Crippen LogP contribution is -1.93. The van der Waals surface area contributed by atoms with Gasteiger partial charge in [0.2, 0.25) is 0 Å². The third kappa shape index (κ3) is 18.8. The van der Waals surface area contributed by atoms with E-state index in [2.05, 4.69) is 60.0 Å². The van der Waals surface area contributed by atoms with Crippen molar-refractivity contribution in [3.8, 4) is 11.1 Å². The van der Waals surface area contributed by atoms with E-state index in [1.54, 1.807) is 0 Å². The molecule has 0 aromatic heterocycles. The predicted molar refractivity (Wildman–Crippen MR) is 145 cm³/mol. The van der Waals surface area contributed by atoms with Crippen molar-refractivity contribution in [3.05, 3.63) is 60.7 Å². The Bertz CT molecular complexity index is 653. The van der Waals surface area contributed by atoms with Gasteiger partial charge in [0.1, 0.15) is 6.61 Å². The first-order valence-electron chi connectivity index (χ1n) is 13.6. The van der Waals surface area contributed by atoms with Crippen molar-refractivity contribution in [1.82, 2.24) is 0 Å². The van der Waals surface area contributed by atoms with Crippen molar-refractivity contribution in [2.45, 2.75) is 110 Å². The zero-order chi connectivity index (χ0) is 24.5. The van der Waals surface area contributed by atoms with Gasteiger partial charge in [-0.1, -0.05) is 164 Å².